The van der Waals surface area contributed by atoms with Crippen LogP contribution in [0.5, 0.6) is 0 Å². The van der Waals surface area contributed by atoms with Gasteiger partial charge in [-0.25, -0.2) is 4.79 Å². The molecule has 0 aliphatic carbocycles. The highest BCUT2D eigenvalue weighted by Gasteiger charge is 2.41. The van der Waals surface area contributed by atoms with E-state index in [4.69, 9.17) is 4.42 Å². The Hall–Kier alpha value is -3.16. The molecule has 4 rings (SSSR count). The molecule has 8 nitrogen and oxygen atoms in total. The summed E-state index contributed by atoms with van der Waals surface area (Å²) >= 11 is 0. The van der Waals surface area contributed by atoms with Gasteiger partial charge in [0.25, 0.3) is 5.91 Å². The predicted octanol–water partition coefficient (Wildman–Crippen LogP) is 2.24. The summed E-state index contributed by atoms with van der Waals surface area (Å²) in [6.45, 7) is 0.702. The minimum absolute atomic E-state index is 0.0404. The number of imide groups is 1. The number of amides is 4. The number of urea groups is 1. The average Bonchev–Trinajstić information content (AvgIpc) is 3.33. The molecule has 4 amide bonds. The molecule has 2 saturated heterocycles. The molecule has 1 N–H and O–H groups in total. The second-order valence-corrected chi connectivity index (χ2v) is 7.10. The van der Waals surface area contributed by atoms with Crippen LogP contribution in [-0.4, -0.2) is 45.2 Å². The summed E-state index contributed by atoms with van der Waals surface area (Å²) in [5.41, 5.74) is 0.997. The lowest BCUT2D eigenvalue weighted by Crippen LogP contribution is -2.42. The first kappa shape index (κ1) is 18.2. The highest BCUT2D eigenvalue weighted by atomic mass is 16.3. The van der Waals surface area contributed by atoms with E-state index < -0.39 is 18.0 Å². The SMILES string of the molecule is O=C1N[C@@H](CC(=O)N2CCCC[C@@H]2c2cccnc2)C(=O)N1Cc1ccco1. The van der Waals surface area contributed by atoms with E-state index in [9.17, 15) is 14.4 Å². The summed E-state index contributed by atoms with van der Waals surface area (Å²) in [5.74, 6) is -0.0140. The topological polar surface area (TPSA) is 95.8 Å². The highest BCUT2D eigenvalue weighted by Crippen LogP contribution is 2.31. The lowest BCUT2D eigenvalue weighted by molar-refractivity contribution is -0.138. The summed E-state index contributed by atoms with van der Waals surface area (Å²) in [6, 6.07) is 5.85. The number of rotatable bonds is 5. The van der Waals surface area contributed by atoms with Crippen molar-refractivity contribution in [1.29, 1.82) is 0 Å². The van der Waals surface area contributed by atoms with Gasteiger partial charge in [-0.05, 0) is 43.0 Å². The van der Waals surface area contributed by atoms with Crippen LogP contribution in [0.1, 0.15) is 43.0 Å². The Morgan fingerprint density at radius 1 is 1.25 bits per heavy atom. The van der Waals surface area contributed by atoms with Crippen LogP contribution < -0.4 is 5.32 Å². The summed E-state index contributed by atoms with van der Waals surface area (Å²) in [7, 11) is 0. The number of aromatic nitrogens is 1. The average molecular weight is 382 g/mol. The van der Waals surface area contributed by atoms with Gasteiger partial charge in [0.2, 0.25) is 5.91 Å². The van der Waals surface area contributed by atoms with Crippen LogP contribution in [0.4, 0.5) is 4.79 Å². The third-order valence-electron chi connectivity index (χ3n) is 5.27. The van der Waals surface area contributed by atoms with Crippen LogP contribution in [0, 0.1) is 0 Å². The number of hydrogen-bond acceptors (Lipinski definition) is 5. The van der Waals surface area contributed by atoms with Gasteiger partial charge in [-0.1, -0.05) is 6.07 Å². The van der Waals surface area contributed by atoms with Gasteiger partial charge in [-0.3, -0.25) is 19.5 Å². The maximum Gasteiger partial charge on any atom is 0.325 e. The van der Waals surface area contributed by atoms with Crippen LogP contribution in [0.3, 0.4) is 0 Å². The summed E-state index contributed by atoms with van der Waals surface area (Å²) in [5, 5.41) is 2.63. The van der Waals surface area contributed by atoms with Crippen molar-refractivity contribution in [3.63, 3.8) is 0 Å². The fourth-order valence-electron chi connectivity index (χ4n) is 3.86. The fraction of sp³-hybridized carbons (Fsp3) is 0.400. The van der Waals surface area contributed by atoms with E-state index >= 15 is 0 Å². The van der Waals surface area contributed by atoms with Crippen LogP contribution in [0.25, 0.3) is 0 Å². The molecule has 28 heavy (non-hydrogen) atoms. The molecule has 0 spiro atoms. The zero-order chi connectivity index (χ0) is 19.5. The fourth-order valence-corrected chi connectivity index (χ4v) is 3.86. The molecular weight excluding hydrogens is 360 g/mol. The van der Waals surface area contributed by atoms with Crippen molar-refractivity contribution in [3.05, 3.63) is 54.2 Å². The second kappa shape index (κ2) is 7.84. The first-order valence-corrected chi connectivity index (χ1v) is 9.47. The number of hydrogen-bond donors (Lipinski definition) is 1. The Bertz CT molecular complexity index is 852. The molecule has 2 aliphatic heterocycles. The van der Waals surface area contributed by atoms with Gasteiger partial charge in [0, 0.05) is 18.9 Å². The van der Waals surface area contributed by atoms with E-state index in [2.05, 4.69) is 10.3 Å². The number of piperidine rings is 1. The Balaban J connectivity index is 1.44. The molecule has 2 aliphatic rings. The highest BCUT2D eigenvalue weighted by molar-refractivity contribution is 6.05. The third kappa shape index (κ3) is 3.62. The summed E-state index contributed by atoms with van der Waals surface area (Å²) in [4.78, 5) is 44.9. The standard InChI is InChI=1S/C20H22N4O4/c25-18(23-9-2-1-7-17(23)14-5-3-8-21-12-14)11-16-19(26)24(20(27)22-16)13-15-6-4-10-28-15/h3-6,8,10,12,16-17H,1-2,7,9,11,13H2,(H,22,27)/t16-,17+/m0/s1. The Labute approximate surface area is 162 Å². The van der Waals surface area contributed by atoms with E-state index in [-0.39, 0.29) is 24.9 Å². The van der Waals surface area contributed by atoms with Crippen molar-refractivity contribution in [2.24, 2.45) is 0 Å². The third-order valence-corrected chi connectivity index (χ3v) is 5.27. The summed E-state index contributed by atoms with van der Waals surface area (Å²) < 4.78 is 5.21. The van der Waals surface area contributed by atoms with Crippen LogP contribution in [0.2, 0.25) is 0 Å². The van der Waals surface area contributed by atoms with Crippen molar-refractivity contribution in [1.82, 2.24) is 20.1 Å². The van der Waals surface area contributed by atoms with Crippen LogP contribution in [0.15, 0.2) is 47.3 Å². The van der Waals surface area contributed by atoms with E-state index in [1.165, 1.54) is 6.26 Å². The van der Waals surface area contributed by atoms with Gasteiger partial charge < -0.3 is 14.6 Å². The van der Waals surface area contributed by atoms with Gasteiger partial charge in [-0.15, -0.1) is 0 Å². The zero-order valence-corrected chi connectivity index (χ0v) is 15.4. The molecule has 0 saturated carbocycles. The second-order valence-electron chi connectivity index (χ2n) is 7.10. The number of nitrogens with one attached hydrogen (secondary N) is 1. The number of carbonyl (C=O) groups is 3. The Morgan fingerprint density at radius 3 is 2.89 bits per heavy atom. The first-order valence-electron chi connectivity index (χ1n) is 9.47. The molecule has 0 unspecified atom stereocenters. The van der Waals surface area contributed by atoms with Crippen molar-refractivity contribution in [2.75, 3.05) is 6.54 Å². The first-order chi connectivity index (χ1) is 13.6. The molecule has 2 aromatic heterocycles. The maximum absolute atomic E-state index is 13.0. The normalized spacial score (nSPS) is 22.4. The maximum atomic E-state index is 13.0. The van der Waals surface area contributed by atoms with E-state index in [0.29, 0.717) is 12.3 Å². The monoisotopic (exact) mass is 382 g/mol. The molecule has 0 radical (unpaired) electrons. The molecule has 2 fully saturated rings. The molecule has 0 bridgehead atoms. The molecule has 2 atom stereocenters. The van der Waals surface area contributed by atoms with Gasteiger partial charge in [0.1, 0.15) is 11.8 Å². The molecule has 0 aromatic carbocycles. The lowest BCUT2D eigenvalue weighted by atomic mass is 9.95. The van der Waals surface area contributed by atoms with Gasteiger partial charge in [0.15, 0.2) is 0 Å². The van der Waals surface area contributed by atoms with Gasteiger partial charge in [0.05, 0.1) is 25.3 Å². The Kier molecular flexibility index (Phi) is 5.10. The number of furan rings is 1. The Morgan fingerprint density at radius 2 is 2.14 bits per heavy atom. The quantitative estimate of drug-likeness (QED) is 0.800. The molecule has 146 valence electrons. The van der Waals surface area contributed by atoms with Gasteiger partial charge >= 0.3 is 6.03 Å². The molecule has 2 aromatic rings. The number of carbonyl (C=O) groups excluding carboxylic acids is 3. The largest absolute Gasteiger partial charge is 0.467 e. The zero-order valence-electron chi connectivity index (χ0n) is 15.4. The van der Waals surface area contributed by atoms with Crippen LogP contribution >= 0.6 is 0 Å². The summed E-state index contributed by atoms with van der Waals surface area (Å²) in [6.07, 6.45) is 7.77. The van der Waals surface area contributed by atoms with E-state index in [0.717, 1.165) is 29.7 Å². The van der Waals surface area contributed by atoms with Crippen molar-refractivity contribution in [3.8, 4) is 0 Å². The van der Waals surface area contributed by atoms with Crippen molar-refractivity contribution >= 4 is 17.8 Å². The van der Waals surface area contributed by atoms with Crippen LogP contribution in [-0.2, 0) is 16.1 Å². The number of likely N-dealkylation sites (tertiary alicyclic amines) is 1. The predicted molar refractivity (Wildman–Crippen MR) is 98.7 cm³/mol. The van der Waals surface area contributed by atoms with E-state index in [1.807, 2.05) is 17.0 Å². The smallest absolute Gasteiger partial charge is 0.325 e. The van der Waals surface area contributed by atoms with E-state index in [1.54, 1.807) is 24.5 Å². The molecular formula is C20H22N4O4. The van der Waals surface area contributed by atoms with Crippen molar-refractivity contribution < 1.29 is 18.8 Å². The molecule has 4 heterocycles. The number of nitrogens with zero attached hydrogens (tertiary/aromatic N) is 3. The minimum Gasteiger partial charge on any atom is -0.467 e. The molecule has 8 heteroatoms. The minimum atomic E-state index is -0.841. The number of pyridine rings is 1. The van der Waals surface area contributed by atoms with Gasteiger partial charge in [-0.2, -0.15) is 0 Å². The van der Waals surface area contributed by atoms with Crippen molar-refractivity contribution in [2.45, 2.75) is 44.3 Å². The lowest BCUT2D eigenvalue weighted by Gasteiger charge is -2.36.